The van der Waals surface area contributed by atoms with Crippen LogP contribution >= 0.6 is 0 Å². The molecule has 0 radical (unpaired) electrons. The van der Waals surface area contributed by atoms with Crippen LogP contribution in [0.15, 0.2) is 12.4 Å². The third kappa shape index (κ3) is 3.91. The number of amides is 1. The number of rotatable bonds is 6. The molecule has 3 heterocycles. The smallest absolute Gasteiger partial charge is 0.225 e. The van der Waals surface area contributed by atoms with E-state index in [1.54, 1.807) is 6.33 Å². The van der Waals surface area contributed by atoms with Crippen LogP contribution in [0.25, 0.3) is 0 Å². The molecule has 7 nitrogen and oxygen atoms in total. The predicted octanol–water partition coefficient (Wildman–Crippen LogP) is 2.65. The van der Waals surface area contributed by atoms with Gasteiger partial charge in [0.15, 0.2) is 5.82 Å². The molecule has 1 fully saturated rings. The normalized spacial score (nSPS) is 17.9. The van der Waals surface area contributed by atoms with Crippen LogP contribution in [0.3, 0.4) is 0 Å². The van der Waals surface area contributed by atoms with Crippen molar-refractivity contribution in [3.8, 4) is 0 Å². The van der Waals surface area contributed by atoms with Gasteiger partial charge in [0.25, 0.3) is 0 Å². The van der Waals surface area contributed by atoms with Crippen molar-refractivity contribution in [3.05, 3.63) is 29.6 Å². The van der Waals surface area contributed by atoms with E-state index in [0.717, 1.165) is 56.0 Å². The Hall–Kier alpha value is -2.18. The van der Waals surface area contributed by atoms with Crippen molar-refractivity contribution in [1.29, 1.82) is 0 Å². The molecule has 1 unspecified atom stereocenters. The van der Waals surface area contributed by atoms with Crippen molar-refractivity contribution in [3.63, 3.8) is 0 Å². The van der Waals surface area contributed by atoms with E-state index in [-0.39, 0.29) is 11.9 Å². The third-order valence-corrected chi connectivity index (χ3v) is 4.87. The number of likely N-dealkylation sites (tertiary alicyclic amines) is 1. The van der Waals surface area contributed by atoms with Crippen molar-refractivity contribution in [2.24, 2.45) is 0 Å². The largest absolute Gasteiger partial charge is 0.332 e. The Labute approximate surface area is 149 Å². The Morgan fingerprint density at radius 3 is 2.84 bits per heavy atom. The quantitative estimate of drug-likeness (QED) is 0.808. The van der Waals surface area contributed by atoms with E-state index < -0.39 is 0 Å². The van der Waals surface area contributed by atoms with E-state index in [0.29, 0.717) is 13.0 Å². The average Bonchev–Trinajstić information content (AvgIpc) is 3.19. The third-order valence-electron chi connectivity index (χ3n) is 4.87. The fraction of sp³-hybridized carbons (Fsp3) is 0.667. The highest BCUT2D eigenvalue weighted by Gasteiger charge is 2.31. The molecule has 1 amide bonds. The number of carbonyl (C=O) groups excluding carboxylic acids is 1. The Morgan fingerprint density at radius 2 is 2.12 bits per heavy atom. The van der Waals surface area contributed by atoms with Gasteiger partial charge in [-0.15, -0.1) is 10.2 Å². The number of aromatic nitrogens is 5. The maximum atomic E-state index is 12.9. The van der Waals surface area contributed by atoms with Crippen LogP contribution in [-0.4, -0.2) is 41.9 Å². The van der Waals surface area contributed by atoms with Crippen LogP contribution in [0.2, 0.25) is 0 Å². The minimum Gasteiger partial charge on any atom is -0.332 e. The number of hydrogen-bond acceptors (Lipinski definition) is 4. The topological polar surface area (TPSA) is 68.8 Å². The zero-order valence-electron chi connectivity index (χ0n) is 15.5. The van der Waals surface area contributed by atoms with Crippen LogP contribution in [0.5, 0.6) is 0 Å². The van der Waals surface area contributed by atoms with Crippen LogP contribution in [0.4, 0.5) is 0 Å². The zero-order valence-corrected chi connectivity index (χ0v) is 15.5. The lowest BCUT2D eigenvalue weighted by atomic mass is 10.0. The highest BCUT2D eigenvalue weighted by atomic mass is 16.2. The summed E-state index contributed by atoms with van der Waals surface area (Å²) in [5.41, 5.74) is 2.09. The molecule has 25 heavy (non-hydrogen) atoms. The number of piperidine rings is 1. The van der Waals surface area contributed by atoms with Gasteiger partial charge in [-0.3, -0.25) is 9.48 Å². The molecule has 1 atom stereocenters. The molecular weight excluding hydrogens is 316 g/mol. The van der Waals surface area contributed by atoms with Crippen LogP contribution in [0.1, 0.15) is 62.3 Å². The lowest BCUT2D eigenvalue weighted by molar-refractivity contribution is -0.135. The van der Waals surface area contributed by atoms with Crippen molar-refractivity contribution < 1.29 is 4.79 Å². The molecule has 7 heteroatoms. The molecule has 136 valence electrons. The first kappa shape index (κ1) is 17.6. The first-order valence-corrected chi connectivity index (χ1v) is 9.28. The zero-order chi connectivity index (χ0) is 17.8. The summed E-state index contributed by atoms with van der Waals surface area (Å²) in [4.78, 5) is 14.9. The van der Waals surface area contributed by atoms with Gasteiger partial charge in [0.1, 0.15) is 6.33 Å². The van der Waals surface area contributed by atoms with Gasteiger partial charge in [0.05, 0.1) is 11.7 Å². The Bertz CT molecular complexity index is 719. The number of carbonyl (C=O) groups is 1. The lowest BCUT2D eigenvalue weighted by Crippen LogP contribution is -2.40. The highest BCUT2D eigenvalue weighted by Crippen LogP contribution is 2.30. The summed E-state index contributed by atoms with van der Waals surface area (Å²) in [7, 11) is 0. The van der Waals surface area contributed by atoms with Crippen molar-refractivity contribution in [1.82, 2.24) is 29.4 Å². The van der Waals surface area contributed by atoms with Crippen molar-refractivity contribution >= 4 is 5.91 Å². The van der Waals surface area contributed by atoms with E-state index >= 15 is 0 Å². The van der Waals surface area contributed by atoms with E-state index in [1.165, 1.54) is 0 Å². The van der Waals surface area contributed by atoms with Gasteiger partial charge < -0.3 is 9.47 Å². The predicted molar refractivity (Wildman–Crippen MR) is 94.9 cm³/mol. The van der Waals surface area contributed by atoms with Crippen LogP contribution < -0.4 is 0 Å². The van der Waals surface area contributed by atoms with Crippen molar-refractivity contribution in [2.75, 3.05) is 6.54 Å². The fourth-order valence-electron chi connectivity index (χ4n) is 3.68. The SMILES string of the molecule is CCCn1cnnc1C1CCCCN1C(=O)CCn1nc(C)cc1C. The molecule has 1 aliphatic heterocycles. The van der Waals surface area contributed by atoms with Crippen molar-refractivity contribution in [2.45, 2.75) is 72.0 Å². The summed E-state index contributed by atoms with van der Waals surface area (Å²) < 4.78 is 4.02. The minimum atomic E-state index is 0.0516. The molecule has 2 aromatic rings. The molecule has 3 rings (SSSR count). The van der Waals surface area contributed by atoms with Crippen LogP contribution in [-0.2, 0) is 17.9 Å². The Kier molecular flexibility index (Phi) is 5.50. The number of aryl methyl sites for hydroxylation is 4. The van der Waals surface area contributed by atoms with E-state index in [4.69, 9.17) is 0 Å². The maximum Gasteiger partial charge on any atom is 0.225 e. The second kappa shape index (κ2) is 7.80. The standard InChI is InChI=1S/C18H28N6O/c1-4-9-22-13-19-20-18(22)16-7-5-6-10-23(16)17(25)8-11-24-15(3)12-14(2)21-24/h12-13,16H,4-11H2,1-3H3. The number of hydrogen-bond donors (Lipinski definition) is 0. The van der Waals surface area contributed by atoms with Gasteiger partial charge >= 0.3 is 0 Å². The Balaban J connectivity index is 1.70. The maximum absolute atomic E-state index is 12.9. The summed E-state index contributed by atoms with van der Waals surface area (Å²) in [6.07, 6.45) is 6.44. The van der Waals surface area contributed by atoms with Gasteiger partial charge in [-0.2, -0.15) is 5.10 Å². The molecule has 0 bridgehead atoms. The van der Waals surface area contributed by atoms with Gasteiger partial charge in [0.2, 0.25) is 5.91 Å². The van der Waals surface area contributed by atoms with Crippen LogP contribution in [0, 0.1) is 13.8 Å². The van der Waals surface area contributed by atoms with Gasteiger partial charge in [-0.1, -0.05) is 6.92 Å². The van der Waals surface area contributed by atoms with E-state index in [2.05, 4.69) is 26.8 Å². The molecule has 1 saturated heterocycles. The highest BCUT2D eigenvalue weighted by molar-refractivity contribution is 5.76. The molecule has 0 aliphatic carbocycles. The first-order valence-electron chi connectivity index (χ1n) is 9.28. The summed E-state index contributed by atoms with van der Waals surface area (Å²) in [5, 5.41) is 12.9. The molecule has 0 spiro atoms. The molecular formula is C18H28N6O. The summed E-state index contributed by atoms with van der Waals surface area (Å²) >= 11 is 0. The molecule has 0 saturated carbocycles. The van der Waals surface area contributed by atoms with Gasteiger partial charge in [-0.05, 0) is 45.6 Å². The molecule has 1 aliphatic rings. The second-order valence-corrected chi connectivity index (χ2v) is 6.88. The summed E-state index contributed by atoms with van der Waals surface area (Å²) in [5.74, 6) is 1.12. The fourth-order valence-corrected chi connectivity index (χ4v) is 3.68. The Morgan fingerprint density at radius 1 is 1.28 bits per heavy atom. The van der Waals surface area contributed by atoms with Gasteiger partial charge in [0, 0.05) is 31.7 Å². The molecule has 0 aromatic carbocycles. The molecule has 0 N–H and O–H groups in total. The lowest BCUT2D eigenvalue weighted by Gasteiger charge is -2.35. The van der Waals surface area contributed by atoms with E-state index in [1.807, 2.05) is 29.5 Å². The summed E-state index contributed by atoms with van der Waals surface area (Å²) in [6, 6.07) is 2.09. The van der Waals surface area contributed by atoms with Gasteiger partial charge in [-0.25, -0.2) is 0 Å². The number of nitrogens with zero attached hydrogens (tertiary/aromatic N) is 6. The first-order chi connectivity index (χ1) is 12.1. The average molecular weight is 344 g/mol. The molecule has 2 aromatic heterocycles. The summed E-state index contributed by atoms with van der Waals surface area (Å²) in [6.45, 7) is 8.48. The monoisotopic (exact) mass is 344 g/mol. The van der Waals surface area contributed by atoms with E-state index in [9.17, 15) is 4.79 Å². The second-order valence-electron chi connectivity index (χ2n) is 6.88. The minimum absolute atomic E-state index is 0.0516.